The average molecular weight is 508 g/mol. The SMILES string of the molecule is Cc1ccc(N2C(=O)c3cc(I)ccc3NC2c2ccccc2C(F)(F)F)cc1. The van der Waals surface area contributed by atoms with E-state index in [-0.39, 0.29) is 11.5 Å². The minimum absolute atomic E-state index is 0.00174. The number of aryl methyl sites for hydroxylation is 1. The number of nitrogens with one attached hydrogen (secondary N) is 1. The quantitative estimate of drug-likeness (QED) is 0.407. The molecule has 3 nitrogen and oxygen atoms in total. The zero-order valence-electron chi connectivity index (χ0n) is 15.3. The summed E-state index contributed by atoms with van der Waals surface area (Å²) in [7, 11) is 0. The van der Waals surface area contributed by atoms with E-state index in [1.54, 1.807) is 30.3 Å². The first-order valence-electron chi connectivity index (χ1n) is 8.88. The molecular weight excluding hydrogens is 492 g/mol. The monoisotopic (exact) mass is 508 g/mol. The van der Waals surface area contributed by atoms with Crippen molar-refractivity contribution in [3.63, 3.8) is 0 Å². The minimum atomic E-state index is -4.54. The van der Waals surface area contributed by atoms with E-state index in [9.17, 15) is 18.0 Å². The molecule has 3 aromatic rings. The predicted octanol–water partition coefficient (Wildman–Crippen LogP) is 6.39. The van der Waals surface area contributed by atoms with Crippen molar-refractivity contribution in [2.45, 2.75) is 19.3 Å². The fourth-order valence-corrected chi connectivity index (χ4v) is 3.95. The van der Waals surface area contributed by atoms with Crippen molar-refractivity contribution < 1.29 is 18.0 Å². The fraction of sp³-hybridized carbons (Fsp3) is 0.136. The topological polar surface area (TPSA) is 32.3 Å². The average Bonchev–Trinajstić information content (AvgIpc) is 2.69. The van der Waals surface area contributed by atoms with E-state index in [0.29, 0.717) is 16.9 Å². The number of anilines is 2. The van der Waals surface area contributed by atoms with E-state index in [0.717, 1.165) is 15.2 Å². The maximum Gasteiger partial charge on any atom is 0.416 e. The highest BCUT2D eigenvalue weighted by Gasteiger charge is 2.40. The van der Waals surface area contributed by atoms with E-state index >= 15 is 0 Å². The maximum absolute atomic E-state index is 13.7. The molecule has 1 aliphatic rings. The first-order valence-corrected chi connectivity index (χ1v) is 9.96. The Bertz CT molecular complexity index is 1080. The molecule has 0 aliphatic carbocycles. The van der Waals surface area contributed by atoms with Crippen LogP contribution in [0, 0.1) is 10.5 Å². The van der Waals surface area contributed by atoms with Gasteiger partial charge in [-0.3, -0.25) is 9.69 Å². The van der Waals surface area contributed by atoms with Crippen molar-refractivity contribution in [3.05, 3.63) is 92.6 Å². The number of nitrogens with zero attached hydrogens (tertiary/aromatic N) is 1. The molecule has 148 valence electrons. The molecule has 1 atom stereocenters. The maximum atomic E-state index is 13.7. The van der Waals surface area contributed by atoms with Gasteiger partial charge >= 0.3 is 6.18 Å². The standard InChI is InChI=1S/C22H16F3IN2O/c1-13-6-9-15(10-7-13)28-20(16-4-2-3-5-18(16)22(23,24)25)27-19-11-8-14(26)12-17(19)21(28)29/h2-12,20,27H,1H3. The van der Waals surface area contributed by atoms with Gasteiger partial charge in [0.2, 0.25) is 0 Å². The van der Waals surface area contributed by atoms with E-state index in [2.05, 4.69) is 27.9 Å². The van der Waals surface area contributed by atoms with E-state index in [1.165, 1.54) is 17.0 Å². The molecule has 0 fully saturated rings. The van der Waals surface area contributed by atoms with Crippen molar-refractivity contribution >= 4 is 39.9 Å². The van der Waals surface area contributed by atoms with Crippen LogP contribution in [0.25, 0.3) is 0 Å². The Labute approximate surface area is 179 Å². The third-order valence-electron chi connectivity index (χ3n) is 4.85. The van der Waals surface area contributed by atoms with Gasteiger partial charge in [-0.2, -0.15) is 13.2 Å². The van der Waals surface area contributed by atoms with Gasteiger partial charge in [0.15, 0.2) is 0 Å². The molecule has 3 aromatic carbocycles. The number of amides is 1. The third kappa shape index (κ3) is 3.71. The van der Waals surface area contributed by atoms with Crippen LogP contribution in [0.15, 0.2) is 66.7 Å². The highest BCUT2D eigenvalue weighted by Crippen LogP contribution is 2.41. The lowest BCUT2D eigenvalue weighted by Gasteiger charge is -2.39. The van der Waals surface area contributed by atoms with E-state index < -0.39 is 17.9 Å². The largest absolute Gasteiger partial charge is 0.416 e. The van der Waals surface area contributed by atoms with Gasteiger partial charge in [0.25, 0.3) is 5.91 Å². The van der Waals surface area contributed by atoms with Crippen LogP contribution in [0.5, 0.6) is 0 Å². The normalized spacial score (nSPS) is 16.4. The van der Waals surface area contributed by atoms with Crippen molar-refractivity contribution in [1.29, 1.82) is 0 Å². The number of rotatable bonds is 2. The number of hydrogen-bond acceptors (Lipinski definition) is 2. The lowest BCUT2D eigenvalue weighted by molar-refractivity contribution is -0.138. The van der Waals surface area contributed by atoms with Gasteiger partial charge in [0.1, 0.15) is 6.17 Å². The van der Waals surface area contributed by atoms with Gasteiger partial charge in [0.05, 0.1) is 11.1 Å². The zero-order valence-corrected chi connectivity index (χ0v) is 17.5. The Morgan fingerprint density at radius 3 is 2.38 bits per heavy atom. The molecule has 1 aliphatic heterocycles. The second kappa shape index (κ2) is 7.37. The molecule has 1 N–H and O–H groups in total. The fourth-order valence-electron chi connectivity index (χ4n) is 3.46. The second-order valence-corrected chi connectivity index (χ2v) is 8.08. The first kappa shape index (κ1) is 19.8. The van der Waals surface area contributed by atoms with E-state index in [1.807, 2.05) is 25.1 Å². The number of benzene rings is 3. The van der Waals surface area contributed by atoms with Crippen molar-refractivity contribution in [3.8, 4) is 0 Å². The summed E-state index contributed by atoms with van der Waals surface area (Å²) in [5.74, 6) is -0.344. The number of carbonyl (C=O) groups excluding carboxylic acids is 1. The lowest BCUT2D eigenvalue weighted by Crippen LogP contribution is -2.44. The van der Waals surface area contributed by atoms with Crippen LogP contribution in [0.1, 0.15) is 33.2 Å². The molecule has 0 radical (unpaired) electrons. The zero-order chi connectivity index (χ0) is 20.8. The minimum Gasteiger partial charge on any atom is -0.360 e. The summed E-state index contributed by atoms with van der Waals surface area (Å²) in [6, 6.07) is 17.8. The summed E-state index contributed by atoms with van der Waals surface area (Å²) in [5.41, 5.74) is 1.70. The van der Waals surface area contributed by atoms with Crippen LogP contribution < -0.4 is 10.2 Å². The molecule has 1 amide bonds. The van der Waals surface area contributed by atoms with E-state index in [4.69, 9.17) is 0 Å². The van der Waals surface area contributed by atoms with Crippen LogP contribution in [0.4, 0.5) is 24.5 Å². The van der Waals surface area contributed by atoms with Crippen molar-refractivity contribution in [1.82, 2.24) is 0 Å². The molecule has 1 unspecified atom stereocenters. The van der Waals surface area contributed by atoms with Crippen LogP contribution in [-0.2, 0) is 6.18 Å². The smallest absolute Gasteiger partial charge is 0.360 e. The van der Waals surface area contributed by atoms with Gasteiger partial charge in [0, 0.05) is 20.5 Å². The highest BCUT2D eigenvalue weighted by atomic mass is 127. The Hall–Kier alpha value is -2.55. The molecule has 0 aromatic heterocycles. The first-order chi connectivity index (χ1) is 13.8. The molecule has 0 saturated heterocycles. The Kier molecular flexibility index (Phi) is 5.02. The van der Waals surface area contributed by atoms with Crippen molar-refractivity contribution in [2.24, 2.45) is 0 Å². The molecule has 0 saturated carbocycles. The van der Waals surface area contributed by atoms with Crippen molar-refractivity contribution in [2.75, 3.05) is 10.2 Å². The Morgan fingerprint density at radius 2 is 1.69 bits per heavy atom. The number of carbonyl (C=O) groups is 1. The number of hydrogen-bond donors (Lipinski definition) is 1. The molecule has 29 heavy (non-hydrogen) atoms. The summed E-state index contributed by atoms with van der Waals surface area (Å²) in [5, 5.41) is 3.15. The highest BCUT2D eigenvalue weighted by molar-refractivity contribution is 14.1. The second-order valence-electron chi connectivity index (χ2n) is 6.83. The summed E-state index contributed by atoms with van der Waals surface area (Å²) in [6.45, 7) is 1.91. The number of alkyl halides is 3. The lowest BCUT2D eigenvalue weighted by atomic mass is 9.98. The Morgan fingerprint density at radius 1 is 1.00 bits per heavy atom. The van der Waals surface area contributed by atoms with Crippen LogP contribution in [0.2, 0.25) is 0 Å². The molecule has 0 bridgehead atoms. The van der Waals surface area contributed by atoms with Gasteiger partial charge < -0.3 is 5.32 Å². The molecule has 0 spiro atoms. The molecule has 7 heteroatoms. The van der Waals surface area contributed by atoms with Crippen LogP contribution in [0.3, 0.4) is 0 Å². The number of fused-ring (bicyclic) bond motifs is 1. The van der Waals surface area contributed by atoms with Gasteiger partial charge in [-0.1, -0.05) is 35.9 Å². The predicted molar refractivity (Wildman–Crippen MR) is 115 cm³/mol. The van der Waals surface area contributed by atoms with Gasteiger partial charge in [-0.25, -0.2) is 0 Å². The van der Waals surface area contributed by atoms with Crippen LogP contribution >= 0.6 is 22.6 Å². The number of halogens is 4. The third-order valence-corrected chi connectivity index (χ3v) is 5.53. The van der Waals surface area contributed by atoms with Gasteiger partial charge in [-0.15, -0.1) is 0 Å². The summed E-state index contributed by atoms with van der Waals surface area (Å²) < 4.78 is 42.0. The summed E-state index contributed by atoms with van der Waals surface area (Å²) in [4.78, 5) is 14.8. The molecule has 1 heterocycles. The summed E-state index contributed by atoms with van der Waals surface area (Å²) in [6.07, 6.45) is -5.53. The summed E-state index contributed by atoms with van der Waals surface area (Å²) >= 11 is 2.11. The van der Waals surface area contributed by atoms with Crippen LogP contribution in [-0.4, -0.2) is 5.91 Å². The van der Waals surface area contributed by atoms with Gasteiger partial charge in [-0.05, 0) is 65.9 Å². The Balaban J connectivity index is 1.92. The molecule has 4 rings (SSSR count). The molecular formula is C22H16F3IN2O.